The van der Waals surface area contributed by atoms with Crippen molar-refractivity contribution in [2.75, 3.05) is 7.11 Å². The summed E-state index contributed by atoms with van der Waals surface area (Å²) in [6, 6.07) is -1.81. The Morgan fingerprint density at radius 1 is 1.60 bits per heavy atom. The van der Waals surface area contributed by atoms with Crippen molar-refractivity contribution in [1.82, 2.24) is 0 Å². The molecule has 0 bridgehead atoms. The van der Waals surface area contributed by atoms with Gasteiger partial charge < -0.3 is 10.5 Å². The van der Waals surface area contributed by atoms with Crippen LogP contribution in [0.2, 0.25) is 0 Å². The number of hydrogen-bond acceptors (Lipinski definition) is 3. The third kappa shape index (κ3) is 3.58. The molecule has 0 aromatic heterocycles. The summed E-state index contributed by atoms with van der Waals surface area (Å²) in [6.07, 6.45) is -2.85. The molecule has 1 unspecified atom stereocenters. The van der Waals surface area contributed by atoms with E-state index in [9.17, 15) is 13.6 Å². The molecule has 0 fully saturated rings. The van der Waals surface area contributed by atoms with Crippen LogP contribution in [0.3, 0.4) is 0 Å². The molecule has 3 nitrogen and oxygen atoms in total. The molecule has 0 aliphatic rings. The number of methoxy groups -OCH3 is 1. The zero-order valence-electron chi connectivity index (χ0n) is 5.21. The van der Waals surface area contributed by atoms with Gasteiger partial charge in [-0.15, -0.1) is 12.4 Å². The van der Waals surface area contributed by atoms with E-state index in [1.165, 1.54) is 0 Å². The lowest BCUT2D eigenvalue weighted by molar-refractivity contribution is -0.145. The van der Waals surface area contributed by atoms with Gasteiger partial charge in [-0.1, -0.05) is 0 Å². The lowest BCUT2D eigenvalue weighted by Gasteiger charge is -2.05. The standard InChI is InChI=1S/C4H7F2NO2.ClH/c1-9-4(8)2(7)3(5)6;/h2-3H,7H2,1H3;1H. The highest BCUT2D eigenvalue weighted by atomic mass is 35.5. The molecule has 1 atom stereocenters. The van der Waals surface area contributed by atoms with E-state index in [1.807, 2.05) is 0 Å². The van der Waals surface area contributed by atoms with Crippen LogP contribution in [0.15, 0.2) is 0 Å². The van der Waals surface area contributed by atoms with Gasteiger partial charge in [-0.25, -0.2) is 8.78 Å². The molecule has 0 aromatic rings. The van der Waals surface area contributed by atoms with Crippen LogP contribution in [-0.4, -0.2) is 25.5 Å². The minimum absolute atomic E-state index is 0. The minimum Gasteiger partial charge on any atom is -0.468 e. The van der Waals surface area contributed by atoms with E-state index in [0.717, 1.165) is 7.11 Å². The zero-order chi connectivity index (χ0) is 7.44. The molecular formula is C4H8ClF2NO2. The zero-order valence-corrected chi connectivity index (χ0v) is 6.03. The van der Waals surface area contributed by atoms with Gasteiger partial charge in [0.25, 0.3) is 6.43 Å². The van der Waals surface area contributed by atoms with Crippen molar-refractivity contribution in [1.29, 1.82) is 0 Å². The first-order chi connectivity index (χ1) is 4.09. The fourth-order valence-electron chi connectivity index (χ4n) is 0.239. The van der Waals surface area contributed by atoms with Crippen molar-refractivity contribution in [3.8, 4) is 0 Å². The molecule has 0 saturated carbocycles. The molecule has 10 heavy (non-hydrogen) atoms. The molecule has 0 aromatic carbocycles. The molecule has 0 heterocycles. The molecule has 0 radical (unpaired) electrons. The van der Waals surface area contributed by atoms with Gasteiger partial charge in [0, 0.05) is 0 Å². The maximum Gasteiger partial charge on any atom is 0.328 e. The quantitative estimate of drug-likeness (QED) is 0.609. The Hall–Kier alpha value is -0.420. The van der Waals surface area contributed by atoms with Crippen LogP contribution in [0.4, 0.5) is 8.78 Å². The van der Waals surface area contributed by atoms with Crippen LogP contribution < -0.4 is 5.73 Å². The first kappa shape index (κ1) is 12.3. The van der Waals surface area contributed by atoms with Crippen molar-refractivity contribution in [3.05, 3.63) is 0 Å². The highest BCUT2D eigenvalue weighted by Gasteiger charge is 2.23. The van der Waals surface area contributed by atoms with E-state index in [-0.39, 0.29) is 12.4 Å². The minimum atomic E-state index is -2.85. The second-order valence-corrected chi connectivity index (χ2v) is 1.38. The van der Waals surface area contributed by atoms with Crippen molar-refractivity contribution in [2.45, 2.75) is 12.5 Å². The molecule has 0 aliphatic heterocycles. The fraction of sp³-hybridized carbons (Fsp3) is 0.750. The number of nitrogens with two attached hydrogens (primary N) is 1. The first-order valence-corrected chi connectivity index (χ1v) is 2.21. The molecule has 2 N–H and O–H groups in total. The Morgan fingerprint density at radius 2 is 2.00 bits per heavy atom. The topological polar surface area (TPSA) is 52.3 Å². The lowest BCUT2D eigenvalue weighted by Crippen LogP contribution is -2.38. The van der Waals surface area contributed by atoms with Gasteiger partial charge in [-0.05, 0) is 0 Å². The summed E-state index contributed by atoms with van der Waals surface area (Å²) in [5.41, 5.74) is 4.65. The number of rotatable bonds is 2. The molecular weight excluding hydrogens is 167 g/mol. The summed E-state index contributed by atoms with van der Waals surface area (Å²) in [4.78, 5) is 10.1. The summed E-state index contributed by atoms with van der Waals surface area (Å²) in [5.74, 6) is -1.09. The van der Waals surface area contributed by atoms with Crippen LogP contribution >= 0.6 is 12.4 Å². The number of esters is 1. The van der Waals surface area contributed by atoms with Crippen LogP contribution in [0.5, 0.6) is 0 Å². The monoisotopic (exact) mass is 175 g/mol. The van der Waals surface area contributed by atoms with Gasteiger partial charge in [0.15, 0.2) is 6.04 Å². The maximum atomic E-state index is 11.4. The van der Waals surface area contributed by atoms with Crippen LogP contribution in [-0.2, 0) is 9.53 Å². The Morgan fingerprint density at radius 3 is 2.10 bits per heavy atom. The third-order valence-electron chi connectivity index (χ3n) is 0.745. The Balaban J connectivity index is 0. The number of ether oxygens (including phenoxy) is 1. The number of carbonyl (C=O) groups is 1. The van der Waals surface area contributed by atoms with Gasteiger partial charge in [-0.2, -0.15) is 0 Å². The smallest absolute Gasteiger partial charge is 0.328 e. The number of alkyl halides is 2. The van der Waals surface area contributed by atoms with Gasteiger partial charge in [0.05, 0.1) is 7.11 Å². The summed E-state index contributed by atoms with van der Waals surface area (Å²) >= 11 is 0. The highest BCUT2D eigenvalue weighted by molar-refractivity contribution is 5.85. The third-order valence-corrected chi connectivity index (χ3v) is 0.745. The molecule has 0 spiro atoms. The number of carbonyl (C=O) groups excluding carboxylic acids is 1. The molecule has 0 rings (SSSR count). The number of hydrogen-bond donors (Lipinski definition) is 1. The van der Waals surface area contributed by atoms with Gasteiger partial charge >= 0.3 is 5.97 Å². The van der Waals surface area contributed by atoms with Crippen molar-refractivity contribution < 1.29 is 18.3 Å². The highest BCUT2D eigenvalue weighted by Crippen LogP contribution is 1.98. The van der Waals surface area contributed by atoms with Gasteiger partial charge in [0.2, 0.25) is 0 Å². The van der Waals surface area contributed by atoms with Crippen LogP contribution in [0, 0.1) is 0 Å². The first-order valence-electron chi connectivity index (χ1n) is 2.21. The van der Waals surface area contributed by atoms with Gasteiger partial charge in [-0.3, -0.25) is 4.79 Å². The fourth-order valence-corrected chi connectivity index (χ4v) is 0.239. The normalized spacial score (nSPS) is 12.1. The number of halogens is 3. The molecule has 0 amide bonds. The predicted molar refractivity (Wildman–Crippen MR) is 33.2 cm³/mol. The Bertz CT molecular complexity index is 111. The van der Waals surface area contributed by atoms with E-state index in [1.54, 1.807) is 0 Å². The largest absolute Gasteiger partial charge is 0.468 e. The lowest BCUT2D eigenvalue weighted by atomic mass is 10.3. The average molecular weight is 176 g/mol. The molecule has 0 saturated heterocycles. The van der Waals surface area contributed by atoms with Crippen molar-refractivity contribution >= 4 is 18.4 Å². The second-order valence-electron chi connectivity index (χ2n) is 1.38. The van der Waals surface area contributed by atoms with Crippen LogP contribution in [0.25, 0.3) is 0 Å². The van der Waals surface area contributed by atoms with Gasteiger partial charge in [0.1, 0.15) is 0 Å². The van der Waals surface area contributed by atoms with Crippen LogP contribution in [0.1, 0.15) is 0 Å². The van der Waals surface area contributed by atoms with E-state index in [0.29, 0.717) is 0 Å². The van der Waals surface area contributed by atoms with E-state index in [2.05, 4.69) is 10.5 Å². The van der Waals surface area contributed by atoms with E-state index >= 15 is 0 Å². The summed E-state index contributed by atoms with van der Waals surface area (Å²) in [5, 5.41) is 0. The predicted octanol–water partition coefficient (Wildman–Crippen LogP) is 0.174. The van der Waals surface area contributed by atoms with Crippen molar-refractivity contribution in [3.63, 3.8) is 0 Å². The average Bonchev–Trinajstić information content (AvgIpc) is 1.84. The maximum absolute atomic E-state index is 11.4. The molecule has 62 valence electrons. The van der Waals surface area contributed by atoms with E-state index in [4.69, 9.17) is 0 Å². The summed E-state index contributed by atoms with van der Waals surface area (Å²) < 4.78 is 26.8. The second kappa shape index (κ2) is 5.37. The Labute approximate surface area is 62.9 Å². The molecule has 6 heteroatoms. The Kier molecular flexibility index (Phi) is 6.59. The molecule has 0 aliphatic carbocycles. The SMILES string of the molecule is COC(=O)C(N)C(F)F.Cl. The summed E-state index contributed by atoms with van der Waals surface area (Å²) in [7, 11) is 1.00. The van der Waals surface area contributed by atoms with Crippen molar-refractivity contribution in [2.24, 2.45) is 5.73 Å². The van der Waals surface area contributed by atoms with E-state index < -0.39 is 18.4 Å². The summed E-state index contributed by atoms with van der Waals surface area (Å²) in [6.45, 7) is 0.